The molecule has 0 saturated heterocycles. The fraction of sp³-hybridized carbons (Fsp3) is 0. The average Bonchev–Trinajstić information content (AvgIpc) is 2.72. The molecule has 2 nitrogen and oxygen atoms in total. The zero-order chi connectivity index (χ0) is 11.0. The first-order valence-corrected chi connectivity index (χ1v) is 5.33. The highest BCUT2D eigenvalue weighted by atomic mass is 35.5. The minimum Gasteiger partial charge on any atom is -0.337 e. The summed E-state index contributed by atoms with van der Waals surface area (Å²) in [7, 11) is 0. The lowest BCUT2D eigenvalue weighted by atomic mass is 10.2. The van der Waals surface area contributed by atoms with E-state index in [-0.39, 0.29) is 0 Å². The van der Waals surface area contributed by atoms with Gasteiger partial charge in [-0.15, -0.1) is 0 Å². The number of rotatable bonds is 1. The van der Waals surface area contributed by atoms with Gasteiger partial charge in [0.2, 0.25) is 0 Å². The molecule has 0 spiro atoms. The highest BCUT2D eigenvalue weighted by molar-refractivity contribution is 6.30. The molecule has 0 unspecified atom stereocenters. The third-order valence-electron chi connectivity index (χ3n) is 2.41. The number of aromatic amines is 1. The number of para-hydroxylation sites is 1. The Hall–Kier alpha value is -1.80. The van der Waals surface area contributed by atoms with Crippen LogP contribution in [0.5, 0.6) is 0 Å². The van der Waals surface area contributed by atoms with Crippen LogP contribution in [0.25, 0.3) is 22.4 Å². The Bertz CT molecular complexity index is 610. The lowest BCUT2D eigenvalue weighted by Gasteiger charge is -1.96. The molecular weight excluding hydrogens is 220 g/mol. The van der Waals surface area contributed by atoms with Gasteiger partial charge in [-0.05, 0) is 18.2 Å². The van der Waals surface area contributed by atoms with Gasteiger partial charge in [-0.2, -0.15) is 0 Å². The molecule has 0 fully saturated rings. The SMILES string of the molecule is Clc1cccc(-c2nc3ccc[c]c3[nH]2)c1. The van der Waals surface area contributed by atoms with Gasteiger partial charge in [-0.1, -0.05) is 35.9 Å². The van der Waals surface area contributed by atoms with E-state index in [4.69, 9.17) is 11.6 Å². The molecule has 0 aliphatic rings. The largest absolute Gasteiger partial charge is 0.337 e. The highest BCUT2D eigenvalue weighted by Gasteiger charge is 2.04. The van der Waals surface area contributed by atoms with E-state index in [2.05, 4.69) is 16.0 Å². The second-order valence-electron chi connectivity index (χ2n) is 3.53. The summed E-state index contributed by atoms with van der Waals surface area (Å²) in [5, 5.41) is 0.710. The molecule has 0 amide bonds. The monoisotopic (exact) mass is 227 g/mol. The van der Waals surface area contributed by atoms with Crippen molar-refractivity contribution in [3.8, 4) is 11.4 Å². The molecule has 1 radical (unpaired) electrons. The Morgan fingerprint density at radius 1 is 1.19 bits per heavy atom. The molecule has 3 rings (SSSR count). The maximum atomic E-state index is 5.94. The maximum absolute atomic E-state index is 5.94. The van der Waals surface area contributed by atoms with Crippen molar-refractivity contribution in [2.75, 3.05) is 0 Å². The molecule has 2 aromatic carbocycles. The summed E-state index contributed by atoms with van der Waals surface area (Å²) in [6.45, 7) is 0. The van der Waals surface area contributed by atoms with Gasteiger partial charge < -0.3 is 4.98 Å². The molecule has 0 aliphatic carbocycles. The molecule has 3 heteroatoms. The molecule has 77 valence electrons. The van der Waals surface area contributed by atoms with E-state index in [0.29, 0.717) is 5.02 Å². The molecule has 0 aliphatic heterocycles. The van der Waals surface area contributed by atoms with Crippen LogP contribution in [0.3, 0.4) is 0 Å². The van der Waals surface area contributed by atoms with E-state index in [9.17, 15) is 0 Å². The minimum absolute atomic E-state index is 0.710. The lowest BCUT2D eigenvalue weighted by Crippen LogP contribution is -1.79. The predicted octanol–water partition coefficient (Wildman–Crippen LogP) is 3.68. The van der Waals surface area contributed by atoms with Gasteiger partial charge in [-0.3, -0.25) is 0 Å². The normalized spacial score (nSPS) is 10.8. The number of aromatic nitrogens is 2. The third-order valence-corrected chi connectivity index (χ3v) is 2.64. The zero-order valence-corrected chi connectivity index (χ0v) is 9.12. The topological polar surface area (TPSA) is 28.7 Å². The number of nitrogens with one attached hydrogen (secondary N) is 1. The van der Waals surface area contributed by atoms with Crippen molar-refractivity contribution in [2.24, 2.45) is 0 Å². The van der Waals surface area contributed by atoms with Gasteiger partial charge in [0.1, 0.15) is 5.82 Å². The van der Waals surface area contributed by atoms with Crippen molar-refractivity contribution < 1.29 is 0 Å². The lowest BCUT2D eigenvalue weighted by molar-refractivity contribution is 1.34. The summed E-state index contributed by atoms with van der Waals surface area (Å²) in [6, 6.07) is 16.5. The van der Waals surface area contributed by atoms with Gasteiger partial charge in [0, 0.05) is 16.7 Å². The number of halogens is 1. The number of benzene rings is 2. The number of imidazole rings is 1. The average molecular weight is 228 g/mol. The molecule has 1 heterocycles. The Kier molecular flexibility index (Phi) is 2.15. The highest BCUT2D eigenvalue weighted by Crippen LogP contribution is 2.22. The Labute approximate surface area is 97.9 Å². The quantitative estimate of drug-likeness (QED) is 0.675. The zero-order valence-electron chi connectivity index (χ0n) is 8.37. The summed E-state index contributed by atoms with van der Waals surface area (Å²) < 4.78 is 0. The Morgan fingerprint density at radius 3 is 2.94 bits per heavy atom. The smallest absolute Gasteiger partial charge is 0.138 e. The van der Waals surface area contributed by atoms with Crippen LogP contribution in [-0.2, 0) is 0 Å². The summed E-state index contributed by atoms with van der Waals surface area (Å²) in [4.78, 5) is 7.69. The van der Waals surface area contributed by atoms with E-state index in [1.807, 2.05) is 42.5 Å². The van der Waals surface area contributed by atoms with Crippen molar-refractivity contribution in [1.29, 1.82) is 0 Å². The van der Waals surface area contributed by atoms with Crippen molar-refractivity contribution in [2.45, 2.75) is 0 Å². The summed E-state index contributed by atoms with van der Waals surface area (Å²) in [5.41, 5.74) is 2.81. The first kappa shape index (κ1) is 9.43. The van der Waals surface area contributed by atoms with Crippen molar-refractivity contribution >= 4 is 22.6 Å². The van der Waals surface area contributed by atoms with E-state index in [0.717, 1.165) is 22.4 Å². The third kappa shape index (κ3) is 1.57. The first-order chi connectivity index (χ1) is 7.83. The minimum atomic E-state index is 0.710. The van der Waals surface area contributed by atoms with Gasteiger partial charge in [0.25, 0.3) is 0 Å². The predicted molar refractivity (Wildman–Crippen MR) is 65.4 cm³/mol. The molecule has 3 aromatic rings. The summed E-state index contributed by atoms with van der Waals surface area (Å²) in [5.74, 6) is 0.819. The fourth-order valence-electron chi connectivity index (χ4n) is 1.66. The van der Waals surface area contributed by atoms with Crippen LogP contribution >= 0.6 is 11.6 Å². The van der Waals surface area contributed by atoms with Crippen molar-refractivity contribution in [3.05, 3.63) is 53.6 Å². The van der Waals surface area contributed by atoms with Crippen LogP contribution in [0.4, 0.5) is 0 Å². The van der Waals surface area contributed by atoms with Crippen LogP contribution in [0.15, 0.2) is 42.5 Å². The molecule has 0 atom stereocenters. The van der Waals surface area contributed by atoms with E-state index in [1.54, 1.807) is 0 Å². The number of nitrogens with zero attached hydrogens (tertiary/aromatic N) is 1. The molecule has 16 heavy (non-hydrogen) atoms. The van der Waals surface area contributed by atoms with Crippen molar-refractivity contribution in [1.82, 2.24) is 9.97 Å². The first-order valence-electron chi connectivity index (χ1n) is 4.95. The second kappa shape index (κ2) is 3.65. The molecular formula is C13H8ClN2. The Balaban J connectivity index is 2.19. The molecule has 1 N–H and O–H groups in total. The molecule has 0 bridgehead atoms. The van der Waals surface area contributed by atoms with Crippen LogP contribution in [0, 0.1) is 6.07 Å². The summed E-state index contributed by atoms with van der Waals surface area (Å²) >= 11 is 5.94. The van der Waals surface area contributed by atoms with Gasteiger partial charge >= 0.3 is 0 Å². The van der Waals surface area contributed by atoms with E-state index < -0.39 is 0 Å². The van der Waals surface area contributed by atoms with Crippen LogP contribution in [0.1, 0.15) is 0 Å². The fourth-order valence-corrected chi connectivity index (χ4v) is 1.85. The molecule has 1 aromatic heterocycles. The number of hydrogen-bond donors (Lipinski definition) is 1. The van der Waals surface area contributed by atoms with Crippen LogP contribution in [-0.4, -0.2) is 9.97 Å². The van der Waals surface area contributed by atoms with Crippen LogP contribution < -0.4 is 0 Å². The van der Waals surface area contributed by atoms with Crippen LogP contribution in [0.2, 0.25) is 5.02 Å². The molecule has 0 saturated carbocycles. The van der Waals surface area contributed by atoms with E-state index >= 15 is 0 Å². The summed E-state index contributed by atoms with van der Waals surface area (Å²) in [6.07, 6.45) is 0. The van der Waals surface area contributed by atoms with E-state index in [1.165, 1.54) is 0 Å². The second-order valence-corrected chi connectivity index (χ2v) is 3.96. The Morgan fingerprint density at radius 2 is 2.12 bits per heavy atom. The van der Waals surface area contributed by atoms with Gasteiger partial charge in [0.15, 0.2) is 0 Å². The number of H-pyrrole nitrogens is 1. The van der Waals surface area contributed by atoms with Gasteiger partial charge in [0.05, 0.1) is 11.0 Å². The number of fused-ring (bicyclic) bond motifs is 1. The van der Waals surface area contributed by atoms with Gasteiger partial charge in [-0.25, -0.2) is 4.98 Å². The number of hydrogen-bond acceptors (Lipinski definition) is 1. The maximum Gasteiger partial charge on any atom is 0.138 e. The standard InChI is InChI=1S/C13H8ClN2/c14-10-5-3-4-9(8-10)13-15-11-6-1-2-7-12(11)16-13/h1-6,8H,(H,15,16). The van der Waals surface area contributed by atoms with Crippen molar-refractivity contribution in [3.63, 3.8) is 0 Å².